The minimum absolute atomic E-state index is 0.0920. The number of carbonyl (C=O) groups is 1. The lowest BCUT2D eigenvalue weighted by Crippen LogP contribution is -2.30. The van der Waals surface area contributed by atoms with Crippen molar-refractivity contribution in [2.45, 2.75) is 6.04 Å². The predicted octanol–water partition coefficient (Wildman–Crippen LogP) is 5.16. The standard InChI is InChI=1S/C22H15BrFN3O2/c23-17-12-6-4-10-15(17)20(28)25-19(16-11-5-7-13-18(16)24)22-27-26-21(29-22)14-8-2-1-3-9-14/h1-13,19H,(H,25,28). The van der Waals surface area contributed by atoms with Crippen LogP contribution in [-0.2, 0) is 0 Å². The Morgan fingerprint density at radius 1 is 0.931 bits per heavy atom. The van der Waals surface area contributed by atoms with Crippen molar-refractivity contribution in [3.05, 3.63) is 106 Å². The Bertz CT molecular complexity index is 1150. The first-order valence-corrected chi connectivity index (χ1v) is 9.61. The lowest BCUT2D eigenvalue weighted by molar-refractivity contribution is 0.0936. The molecule has 0 fully saturated rings. The van der Waals surface area contributed by atoms with Crippen LogP contribution in [0.4, 0.5) is 4.39 Å². The van der Waals surface area contributed by atoms with Crippen molar-refractivity contribution in [3.63, 3.8) is 0 Å². The number of nitrogens with zero attached hydrogens (tertiary/aromatic N) is 2. The van der Waals surface area contributed by atoms with Crippen LogP contribution in [0, 0.1) is 5.82 Å². The molecule has 0 saturated carbocycles. The second kappa shape index (κ2) is 8.36. The molecular formula is C22H15BrFN3O2. The highest BCUT2D eigenvalue weighted by Crippen LogP contribution is 2.27. The summed E-state index contributed by atoms with van der Waals surface area (Å²) < 4.78 is 21.0. The van der Waals surface area contributed by atoms with E-state index in [2.05, 4.69) is 31.4 Å². The van der Waals surface area contributed by atoms with E-state index in [0.717, 1.165) is 5.56 Å². The fourth-order valence-corrected chi connectivity index (χ4v) is 3.35. The summed E-state index contributed by atoms with van der Waals surface area (Å²) in [6, 6.07) is 21.4. The molecule has 1 unspecified atom stereocenters. The molecule has 7 heteroatoms. The number of hydrogen-bond acceptors (Lipinski definition) is 4. The van der Waals surface area contributed by atoms with Crippen LogP contribution in [0.2, 0.25) is 0 Å². The minimum Gasteiger partial charge on any atom is -0.418 e. The normalized spacial score (nSPS) is 11.8. The first kappa shape index (κ1) is 19.0. The number of nitrogens with one attached hydrogen (secondary N) is 1. The second-order valence-corrected chi connectivity index (χ2v) is 7.07. The zero-order valence-corrected chi connectivity index (χ0v) is 16.6. The molecule has 0 radical (unpaired) electrons. The van der Waals surface area contributed by atoms with Gasteiger partial charge in [-0.2, -0.15) is 0 Å². The van der Waals surface area contributed by atoms with Gasteiger partial charge in [0.1, 0.15) is 11.9 Å². The van der Waals surface area contributed by atoms with Gasteiger partial charge in [-0.3, -0.25) is 4.79 Å². The number of rotatable bonds is 5. The van der Waals surface area contributed by atoms with E-state index in [1.54, 1.807) is 42.5 Å². The van der Waals surface area contributed by atoms with Crippen LogP contribution in [0.1, 0.15) is 27.9 Å². The van der Waals surface area contributed by atoms with E-state index in [9.17, 15) is 9.18 Å². The van der Waals surface area contributed by atoms with E-state index in [4.69, 9.17) is 4.42 Å². The van der Waals surface area contributed by atoms with Gasteiger partial charge in [-0.25, -0.2) is 4.39 Å². The lowest BCUT2D eigenvalue weighted by atomic mass is 10.1. The minimum atomic E-state index is -0.944. The molecule has 3 aromatic carbocycles. The largest absolute Gasteiger partial charge is 0.418 e. The highest BCUT2D eigenvalue weighted by atomic mass is 79.9. The summed E-state index contributed by atoms with van der Waals surface area (Å²) >= 11 is 3.36. The molecule has 0 aliphatic carbocycles. The molecule has 0 bridgehead atoms. The molecule has 4 aromatic rings. The molecule has 1 atom stereocenters. The average molecular weight is 452 g/mol. The second-order valence-electron chi connectivity index (χ2n) is 6.22. The summed E-state index contributed by atoms with van der Waals surface area (Å²) in [5, 5.41) is 10.9. The molecule has 1 heterocycles. The van der Waals surface area contributed by atoms with Crippen molar-refractivity contribution >= 4 is 21.8 Å². The lowest BCUT2D eigenvalue weighted by Gasteiger charge is -2.17. The highest BCUT2D eigenvalue weighted by molar-refractivity contribution is 9.10. The predicted molar refractivity (Wildman–Crippen MR) is 110 cm³/mol. The molecule has 0 aliphatic rings. The van der Waals surface area contributed by atoms with E-state index in [0.29, 0.717) is 10.0 Å². The van der Waals surface area contributed by atoms with E-state index in [-0.39, 0.29) is 17.3 Å². The SMILES string of the molecule is O=C(NC(c1nnc(-c2ccccc2)o1)c1ccccc1F)c1ccccc1Br. The Morgan fingerprint density at radius 3 is 2.38 bits per heavy atom. The van der Waals surface area contributed by atoms with Gasteiger partial charge in [0.2, 0.25) is 11.8 Å². The number of benzene rings is 3. The molecule has 1 N–H and O–H groups in total. The third-order valence-corrected chi connectivity index (χ3v) is 5.01. The number of halogens is 2. The Hall–Kier alpha value is -3.32. The number of carbonyl (C=O) groups excluding carboxylic acids is 1. The van der Waals surface area contributed by atoms with Crippen LogP contribution >= 0.6 is 15.9 Å². The monoisotopic (exact) mass is 451 g/mol. The van der Waals surface area contributed by atoms with Crippen molar-refractivity contribution < 1.29 is 13.6 Å². The quantitative estimate of drug-likeness (QED) is 0.455. The molecule has 1 aromatic heterocycles. The van der Waals surface area contributed by atoms with Gasteiger partial charge in [0.05, 0.1) is 5.56 Å². The number of amides is 1. The molecule has 4 rings (SSSR count). The summed E-state index contributed by atoms with van der Waals surface area (Å²) in [6.45, 7) is 0. The van der Waals surface area contributed by atoms with Crippen LogP contribution in [0.3, 0.4) is 0 Å². The van der Waals surface area contributed by atoms with Gasteiger partial charge in [-0.05, 0) is 46.3 Å². The third kappa shape index (κ3) is 4.09. The van der Waals surface area contributed by atoms with E-state index in [1.807, 2.05) is 30.3 Å². The number of hydrogen-bond donors (Lipinski definition) is 1. The first-order valence-electron chi connectivity index (χ1n) is 8.82. The van der Waals surface area contributed by atoms with E-state index < -0.39 is 17.8 Å². The van der Waals surface area contributed by atoms with Gasteiger partial charge in [0, 0.05) is 15.6 Å². The topological polar surface area (TPSA) is 68.0 Å². The maximum absolute atomic E-state index is 14.5. The first-order chi connectivity index (χ1) is 14.1. The van der Waals surface area contributed by atoms with Gasteiger partial charge in [0.15, 0.2) is 0 Å². The van der Waals surface area contributed by atoms with Gasteiger partial charge < -0.3 is 9.73 Å². The Kier molecular flexibility index (Phi) is 5.48. The highest BCUT2D eigenvalue weighted by Gasteiger charge is 2.27. The molecule has 144 valence electrons. The Labute approximate surface area is 174 Å². The molecular weight excluding hydrogens is 437 g/mol. The van der Waals surface area contributed by atoms with Crippen LogP contribution in [0.5, 0.6) is 0 Å². The van der Waals surface area contributed by atoms with Crippen LogP contribution < -0.4 is 5.32 Å². The number of aromatic nitrogens is 2. The van der Waals surface area contributed by atoms with Crippen LogP contribution in [0.15, 0.2) is 87.8 Å². The Morgan fingerprint density at radius 2 is 1.62 bits per heavy atom. The molecule has 0 saturated heterocycles. The zero-order chi connectivity index (χ0) is 20.2. The summed E-state index contributed by atoms with van der Waals surface area (Å²) in [4.78, 5) is 12.9. The fraction of sp³-hybridized carbons (Fsp3) is 0.0455. The Balaban J connectivity index is 1.72. The summed E-state index contributed by atoms with van der Waals surface area (Å²) in [5.41, 5.74) is 1.38. The fourth-order valence-electron chi connectivity index (χ4n) is 2.88. The molecule has 29 heavy (non-hydrogen) atoms. The molecule has 0 aliphatic heterocycles. The summed E-state index contributed by atoms with van der Waals surface area (Å²) in [7, 11) is 0. The van der Waals surface area contributed by atoms with Gasteiger partial charge in [-0.15, -0.1) is 10.2 Å². The van der Waals surface area contributed by atoms with Crippen molar-refractivity contribution in [2.24, 2.45) is 0 Å². The molecule has 5 nitrogen and oxygen atoms in total. The van der Waals surface area contributed by atoms with Crippen molar-refractivity contribution in [1.29, 1.82) is 0 Å². The van der Waals surface area contributed by atoms with Crippen molar-refractivity contribution in [1.82, 2.24) is 15.5 Å². The maximum Gasteiger partial charge on any atom is 0.253 e. The maximum atomic E-state index is 14.5. The summed E-state index contributed by atoms with van der Waals surface area (Å²) in [5.74, 6) is -0.499. The third-order valence-electron chi connectivity index (χ3n) is 4.32. The molecule has 1 amide bonds. The van der Waals surface area contributed by atoms with Crippen LogP contribution in [0.25, 0.3) is 11.5 Å². The summed E-state index contributed by atoms with van der Waals surface area (Å²) in [6.07, 6.45) is 0. The van der Waals surface area contributed by atoms with Crippen molar-refractivity contribution in [3.8, 4) is 11.5 Å². The smallest absolute Gasteiger partial charge is 0.253 e. The molecule has 0 spiro atoms. The van der Waals surface area contributed by atoms with Gasteiger partial charge in [-0.1, -0.05) is 48.5 Å². The van der Waals surface area contributed by atoms with E-state index >= 15 is 0 Å². The average Bonchev–Trinajstić information content (AvgIpc) is 3.23. The van der Waals surface area contributed by atoms with Crippen molar-refractivity contribution in [2.75, 3.05) is 0 Å². The van der Waals surface area contributed by atoms with E-state index in [1.165, 1.54) is 6.07 Å². The van der Waals surface area contributed by atoms with Gasteiger partial charge >= 0.3 is 0 Å². The van der Waals surface area contributed by atoms with Crippen LogP contribution in [-0.4, -0.2) is 16.1 Å². The van der Waals surface area contributed by atoms with Gasteiger partial charge in [0.25, 0.3) is 5.91 Å². The zero-order valence-electron chi connectivity index (χ0n) is 15.0.